The third-order valence-corrected chi connectivity index (χ3v) is 4.21. The standard InChI is InChI=1S/C19H16ClN7O/c20-16-8-4-5-14(11-16)12-26-17(9-10-21-26)22-18(28)13-27-24-19(23-25-27)15-6-2-1-3-7-15/h1-11H,12-13H2,(H,22,28). The number of rotatable bonds is 6. The predicted molar refractivity (Wildman–Crippen MR) is 105 cm³/mol. The van der Waals surface area contributed by atoms with Gasteiger partial charge in [-0.2, -0.15) is 9.90 Å². The van der Waals surface area contributed by atoms with Crippen molar-refractivity contribution in [2.75, 3.05) is 5.32 Å². The molecule has 0 atom stereocenters. The van der Waals surface area contributed by atoms with Crippen molar-refractivity contribution in [3.8, 4) is 11.4 Å². The number of nitrogens with zero attached hydrogens (tertiary/aromatic N) is 6. The largest absolute Gasteiger partial charge is 0.309 e. The number of benzene rings is 2. The Labute approximate surface area is 165 Å². The summed E-state index contributed by atoms with van der Waals surface area (Å²) in [5.74, 6) is 0.776. The van der Waals surface area contributed by atoms with Gasteiger partial charge in [-0.05, 0) is 22.9 Å². The molecule has 9 heteroatoms. The van der Waals surface area contributed by atoms with E-state index in [-0.39, 0.29) is 12.5 Å². The van der Waals surface area contributed by atoms with Crippen LogP contribution < -0.4 is 5.32 Å². The molecule has 2 aromatic carbocycles. The van der Waals surface area contributed by atoms with Crippen LogP contribution >= 0.6 is 11.6 Å². The molecule has 1 amide bonds. The lowest BCUT2D eigenvalue weighted by Gasteiger charge is -2.09. The summed E-state index contributed by atoms with van der Waals surface area (Å²) in [5.41, 5.74) is 1.82. The number of tetrazole rings is 1. The van der Waals surface area contributed by atoms with Gasteiger partial charge in [0.05, 0.1) is 12.7 Å². The van der Waals surface area contributed by atoms with Crippen LogP contribution in [0.4, 0.5) is 5.82 Å². The summed E-state index contributed by atoms with van der Waals surface area (Å²) in [6, 6.07) is 18.7. The summed E-state index contributed by atoms with van der Waals surface area (Å²) < 4.78 is 1.69. The molecule has 0 aliphatic heterocycles. The van der Waals surface area contributed by atoms with Crippen molar-refractivity contribution in [2.45, 2.75) is 13.1 Å². The van der Waals surface area contributed by atoms with Crippen molar-refractivity contribution in [2.24, 2.45) is 0 Å². The maximum atomic E-state index is 12.4. The molecule has 0 saturated carbocycles. The molecule has 4 rings (SSSR count). The van der Waals surface area contributed by atoms with Crippen LogP contribution in [-0.4, -0.2) is 35.9 Å². The van der Waals surface area contributed by atoms with Crippen LogP contribution in [0.3, 0.4) is 0 Å². The smallest absolute Gasteiger partial charge is 0.249 e. The Morgan fingerprint density at radius 2 is 1.93 bits per heavy atom. The summed E-state index contributed by atoms with van der Waals surface area (Å²) in [6.07, 6.45) is 1.63. The molecule has 8 nitrogen and oxygen atoms in total. The second-order valence-corrected chi connectivity index (χ2v) is 6.50. The fraction of sp³-hybridized carbons (Fsp3) is 0.105. The van der Waals surface area contributed by atoms with E-state index in [0.717, 1.165) is 11.1 Å². The number of hydrogen-bond acceptors (Lipinski definition) is 5. The lowest BCUT2D eigenvalue weighted by Crippen LogP contribution is -2.22. The molecule has 0 aliphatic rings. The molecule has 28 heavy (non-hydrogen) atoms. The van der Waals surface area contributed by atoms with Gasteiger partial charge < -0.3 is 5.32 Å². The molecule has 1 N–H and O–H groups in total. The molecule has 0 radical (unpaired) electrons. The quantitative estimate of drug-likeness (QED) is 0.544. The van der Waals surface area contributed by atoms with Crippen molar-refractivity contribution in [3.05, 3.63) is 77.4 Å². The lowest BCUT2D eigenvalue weighted by atomic mass is 10.2. The summed E-state index contributed by atoms with van der Waals surface area (Å²) in [7, 11) is 0. The molecule has 2 aromatic heterocycles. The van der Waals surface area contributed by atoms with Crippen molar-refractivity contribution in [1.82, 2.24) is 30.0 Å². The van der Waals surface area contributed by atoms with E-state index in [9.17, 15) is 4.79 Å². The fourth-order valence-electron chi connectivity index (χ4n) is 2.70. The average molecular weight is 394 g/mol. The Balaban J connectivity index is 1.41. The summed E-state index contributed by atoms with van der Waals surface area (Å²) in [5, 5.41) is 19.9. The van der Waals surface area contributed by atoms with Gasteiger partial charge in [0, 0.05) is 16.7 Å². The molecule has 2 heterocycles. The number of amides is 1. The van der Waals surface area contributed by atoms with Crippen molar-refractivity contribution < 1.29 is 4.79 Å². The Morgan fingerprint density at radius 3 is 2.75 bits per heavy atom. The van der Waals surface area contributed by atoms with Crippen LogP contribution in [0.5, 0.6) is 0 Å². The topological polar surface area (TPSA) is 90.5 Å². The van der Waals surface area contributed by atoms with Crippen LogP contribution in [0.1, 0.15) is 5.56 Å². The van der Waals surface area contributed by atoms with Gasteiger partial charge >= 0.3 is 0 Å². The molecule has 0 unspecified atom stereocenters. The molecule has 140 valence electrons. The minimum absolute atomic E-state index is 0.0534. The zero-order valence-corrected chi connectivity index (χ0v) is 15.5. The Morgan fingerprint density at radius 1 is 1.07 bits per heavy atom. The zero-order chi connectivity index (χ0) is 19.3. The van der Waals surface area contributed by atoms with Gasteiger partial charge in [0.25, 0.3) is 0 Å². The number of halogens is 1. The average Bonchev–Trinajstić information content (AvgIpc) is 3.32. The molecular weight excluding hydrogens is 378 g/mol. The molecular formula is C19H16ClN7O. The molecule has 0 spiro atoms. The summed E-state index contributed by atoms with van der Waals surface area (Å²) in [6.45, 7) is 0.436. The summed E-state index contributed by atoms with van der Waals surface area (Å²) in [4.78, 5) is 13.6. The Kier molecular flexibility index (Phi) is 5.11. The molecule has 4 aromatic rings. The zero-order valence-electron chi connectivity index (χ0n) is 14.7. The number of carbonyl (C=O) groups is 1. The minimum atomic E-state index is -0.273. The van der Waals surface area contributed by atoms with Gasteiger partial charge in [-0.15, -0.1) is 10.2 Å². The van der Waals surface area contributed by atoms with E-state index in [1.54, 1.807) is 16.9 Å². The normalized spacial score (nSPS) is 10.8. The highest BCUT2D eigenvalue weighted by atomic mass is 35.5. The van der Waals surface area contributed by atoms with E-state index < -0.39 is 0 Å². The van der Waals surface area contributed by atoms with Crippen LogP contribution in [0.2, 0.25) is 5.02 Å². The van der Waals surface area contributed by atoms with Crippen molar-refractivity contribution >= 4 is 23.3 Å². The van der Waals surface area contributed by atoms with E-state index >= 15 is 0 Å². The number of aromatic nitrogens is 6. The van der Waals surface area contributed by atoms with Crippen molar-refractivity contribution in [3.63, 3.8) is 0 Å². The number of hydrogen-bond donors (Lipinski definition) is 1. The monoisotopic (exact) mass is 393 g/mol. The highest BCUT2D eigenvalue weighted by molar-refractivity contribution is 6.30. The Bertz CT molecular complexity index is 1090. The second kappa shape index (κ2) is 8.01. The van der Waals surface area contributed by atoms with E-state index in [4.69, 9.17) is 11.6 Å². The van der Waals surface area contributed by atoms with Gasteiger partial charge in [-0.3, -0.25) is 4.79 Å². The second-order valence-electron chi connectivity index (χ2n) is 6.06. The first-order chi connectivity index (χ1) is 13.7. The van der Waals surface area contributed by atoms with Gasteiger partial charge in [0.2, 0.25) is 11.7 Å². The molecule has 0 aliphatic carbocycles. The highest BCUT2D eigenvalue weighted by Gasteiger charge is 2.12. The van der Waals surface area contributed by atoms with Gasteiger partial charge in [-0.1, -0.05) is 54.1 Å². The van der Waals surface area contributed by atoms with Crippen molar-refractivity contribution in [1.29, 1.82) is 0 Å². The molecule has 0 saturated heterocycles. The molecule has 0 bridgehead atoms. The Hall–Kier alpha value is -3.52. The number of anilines is 1. The first-order valence-electron chi connectivity index (χ1n) is 8.57. The van der Waals surface area contributed by atoms with Gasteiger partial charge in [0.15, 0.2) is 0 Å². The maximum absolute atomic E-state index is 12.4. The van der Waals surface area contributed by atoms with Crippen LogP contribution in [-0.2, 0) is 17.9 Å². The maximum Gasteiger partial charge on any atom is 0.249 e. The van der Waals surface area contributed by atoms with E-state index in [0.29, 0.717) is 23.2 Å². The predicted octanol–water partition coefficient (Wildman–Crippen LogP) is 2.88. The highest BCUT2D eigenvalue weighted by Crippen LogP contribution is 2.15. The lowest BCUT2D eigenvalue weighted by molar-refractivity contribution is -0.117. The van der Waals surface area contributed by atoms with E-state index in [2.05, 4.69) is 25.8 Å². The number of carbonyl (C=O) groups excluding carboxylic acids is 1. The van der Waals surface area contributed by atoms with Gasteiger partial charge in [-0.25, -0.2) is 4.68 Å². The molecule has 0 fully saturated rings. The van der Waals surface area contributed by atoms with Crippen LogP contribution in [0.25, 0.3) is 11.4 Å². The first-order valence-corrected chi connectivity index (χ1v) is 8.94. The fourth-order valence-corrected chi connectivity index (χ4v) is 2.91. The van der Waals surface area contributed by atoms with Gasteiger partial charge in [0.1, 0.15) is 12.4 Å². The van der Waals surface area contributed by atoms with Crippen LogP contribution in [0.15, 0.2) is 66.9 Å². The van der Waals surface area contributed by atoms with Crippen LogP contribution in [0, 0.1) is 0 Å². The van der Waals surface area contributed by atoms with E-state index in [1.807, 2.05) is 54.6 Å². The third-order valence-electron chi connectivity index (χ3n) is 3.98. The minimum Gasteiger partial charge on any atom is -0.309 e. The SMILES string of the molecule is O=C(Cn1nnc(-c2ccccc2)n1)Nc1ccnn1Cc1cccc(Cl)c1. The van der Waals surface area contributed by atoms with E-state index in [1.165, 1.54) is 4.80 Å². The number of nitrogens with one attached hydrogen (secondary N) is 1. The first kappa shape index (κ1) is 17.9. The summed E-state index contributed by atoms with van der Waals surface area (Å²) >= 11 is 6.02. The third kappa shape index (κ3) is 4.24.